The number of nitrogens with one attached hydrogen (secondary N) is 3. The van der Waals surface area contributed by atoms with Gasteiger partial charge in [0.1, 0.15) is 18.1 Å². The summed E-state index contributed by atoms with van der Waals surface area (Å²) in [6.07, 6.45) is 4.68. The largest absolute Gasteiger partial charge is 0.480 e. The normalized spacial score (nSPS) is 18.8. The summed E-state index contributed by atoms with van der Waals surface area (Å²) in [5.41, 5.74) is 6.76. The van der Waals surface area contributed by atoms with Gasteiger partial charge in [-0.2, -0.15) is 12.6 Å². The molecule has 1 aliphatic rings. The molecule has 0 bridgehead atoms. The van der Waals surface area contributed by atoms with Crippen LogP contribution >= 0.6 is 12.6 Å². The number of carbonyl (C=O) groups excluding carboxylic acids is 3. The van der Waals surface area contributed by atoms with Crippen LogP contribution in [0.5, 0.6) is 0 Å². The highest BCUT2D eigenvalue weighted by Crippen LogP contribution is 2.19. The van der Waals surface area contributed by atoms with Gasteiger partial charge in [0.25, 0.3) is 0 Å². The molecule has 0 radical (unpaired) electrons. The zero-order valence-corrected chi connectivity index (χ0v) is 19.2. The van der Waals surface area contributed by atoms with E-state index >= 15 is 0 Å². The second-order valence-corrected chi connectivity index (χ2v) is 8.71. The van der Waals surface area contributed by atoms with E-state index < -0.39 is 42.0 Å². The predicted octanol–water partition coefficient (Wildman–Crippen LogP) is -0.699. The summed E-state index contributed by atoms with van der Waals surface area (Å²) in [5, 5.41) is 14.4. The monoisotopic (exact) mass is 468 g/mol. The Balaban J connectivity index is 1.99. The van der Waals surface area contributed by atoms with E-state index in [0.717, 1.165) is 0 Å². The van der Waals surface area contributed by atoms with E-state index in [2.05, 4.69) is 33.2 Å². The Kier molecular flexibility index (Phi) is 9.51. The molecule has 2 rings (SSSR count). The summed E-state index contributed by atoms with van der Waals surface area (Å²) < 4.78 is 0. The molecule has 4 unspecified atom stereocenters. The number of nitrogens with zero attached hydrogens (tertiary/aromatic N) is 2. The third-order valence-corrected chi connectivity index (χ3v) is 5.65. The van der Waals surface area contributed by atoms with Gasteiger partial charge in [0, 0.05) is 30.6 Å². The number of hydrogen-bond acceptors (Lipinski definition) is 7. The highest BCUT2D eigenvalue weighted by atomic mass is 32.1. The van der Waals surface area contributed by atoms with Crippen LogP contribution in [-0.2, 0) is 25.6 Å². The Morgan fingerprint density at radius 1 is 1.31 bits per heavy atom. The number of aromatic nitrogens is 2. The van der Waals surface area contributed by atoms with Crippen LogP contribution < -0.4 is 16.4 Å². The quantitative estimate of drug-likeness (QED) is 0.233. The SMILES string of the molecule is CC(C)CC(NC(=O)C(CS)NC(=O)C1CCCN1C(=O)C(N)Cc1cnc[nH]1)C(=O)O. The van der Waals surface area contributed by atoms with Crippen LogP contribution in [0.4, 0.5) is 0 Å². The lowest BCUT2D eigenvalue weighted by atomic mass is 10.0. The van der Waals surface area contributed by atoms with Crippen LogP contribution in [0.1, 0.15) is 38.8 Å². The number of aromatic amines is 1. The molecule has 2 heterocycles. The first-order valence-electron chi connectivity index (χ1n) is 10.6. The maximum atomic E-state index is 12.9. The van der Waals surface area contributed by atoms with Crippen molar-refractivity contribution < 1.29 is 24.3 Å². The summed E-state index contributed by atoms with van der Waals surface area (Å²) in [6.45, 7) is 4.09. The minimum absolute atomic E-state index is 0.0222. The highest BCUT2D eigenvalue weighted by molar-refractivity contribution is 7.80. The molecule has 11 nitrogen and oxygen atoms in total. The molecule has 6 N–H and O–H groups in total. The molecule has 0 saturated carbocycles. The van der Waals surface area contributed by atoms with Crippen molar-refractivity contribution in [2.45, 2.75) is 63.7 Å². The highest BCUT2D eigenvalue weighted by Gasteiger charge is 2.37. The first-order valence-corrected chi connectivity index (χ1v) is 11.2. The van der Waals surface area contributed by atoms with Gasteiger partial charge < -0.3 is 31.4 Å². The minimum atomic E-state index is -1.14. The lowest BCUT2D eigenvalue weighted by molar-refractivity contribution is -0.143. The number of likely N-dealkylation sites (tertiary alicyclic amines) is 1. The molecule has 1 aromatic heterocycles. The fourth-order valence-electron chi connectivity index (χ4n) is 3.66. The van der Waals surface area contributed by atoms with Gasteiger partial charge in [-0.1, -0.05) is 13.8 Å². The standard InChI is InChI=1S/C20H32N6O5S/c1-11(2)6-14(20(30)31)24-17(27)15(9-32)25-18(28)16-4-3-5-26(16)19(29)13(21)7-12-8-22-10-23-12/h8,10-11,13-16,32H,3-7,9,21H2,1-2H3,(H,22,23)(H,24,27)(H,25,28)(H,30,31). The number of imidazole rings is 1. The first-order chi connectivity index (χ1) is 15.1. The summed E-state index contributed by atoms with van der Waals surface area (Å²) in [4.78, 5) is 57.9. The van der Waals surface area contributed by atoms with Crippen LogP contribution in [0.25, 0.3) is 0 Å². The average Bonchev–Trinajstić information content (AvgIpc) is 3.42. The third-order valence-electron chi connectivity index (χ3n) is 5.29. The van der Waals surface area contributed by atoms with Crippen LogP contribution in [0.15, 0.2) is 12.5 Å². The van der Waals surface area contributed by atoms with Gasteiger partial charge in [0.05, 0.1) is 12.4 Å². The van der Waals surface area contributed by atoms with E-state index in [-0.39, 0.29) is 30.4 Å². The summed E-state index contributed by atoms with van der Waals surface area (Å²) >= 11 is 4.13. The number of carboxylic acid groups (broad SMARTS) is 1. The Labute approximate surface area is 192 Å². The third kappa shape index (κ3) is 6.95. The van der Waals surface area contributed by atoms with Crippen LogP contribution in [0.3, 0.4) is 0 Å². The Morgan fingerprint density at radius 3 is 2.59 bits per heavy atom. The van der Waals surface area contributed by atoms with Crippen LogP contribution in [0.2, 0.25) is 0 Å². The minimum Gasteiger partial charge on any atom is -0.480 e. The van der Waals surface area contributed by atoms with E-state index in [1.165, 1.54) is 11.2 Å². The molecule has 1 saturated heterocycles. The van der Waals surface area contributed by atoms with Gasteiger partial charge >= 0.3 is 5.97 Å². The van der Waals surface area contributed by atoms with Gasteiger partial charge in [-0.25, -0.2) is 9.78 Å². The molecule has 12 heteroatoms. The molecule has 4 atom stereocenters. The molecule has 178 valence electrons. The van der Waals surface area contributed by atoms with Crippen LogP contribution in [0, 0.1) is 5.92 Å². The van der Waals surface area contributed by atoms with E-state index in [1.807, 2.05) is 13.8 Å². The maximum absolute atomic E-state index is 12.9. The second kappa shape index (κ2) is 11.9. The molecule has 1 aliphatic heterocycles. The van der Waals surface area contributed by atoms with Gasteiger partial charge in [-0.05, 0) is 25.2 Å². The van der Waals surface area contributed by atoms with Gasteiger partial charge in [-0.15, -0.1) is 0 Å². The Bertz CT molecular complexity index is 802. The lowest BCUT2D eigenvalue weighted by Crippen LogP contribution is -2.57. The second-order valence-electron chi connectivity index (χ2n) is 8.35. The molecule has 1 fully saturated rings. The molecular weight excluding hydrogens is 436 g/mol. The van der Waals surface area contributed by atoms with Crippen LogP contribution in [-0.4, -0.2) is 80.1 Å². The van der Waals surface area contributed by atoms with Gasteiger partial charge in [0.2, 0.25) is 17.7 Å². The molecule has 0 aliphatic carbocycles. The smallest absolute Gasteiger partial charge is 0.326 e. The average molecular weight is 469 g/mol. The van der Waals surface area contributed by atoms with Crippen molar-refractivity contribution in [2.24, 2.45) is 11.7 Å². The molecule has 0 spiro atoms. The van der Waals surface area contributed by atoms with Crippen molar-refractivity contribution >= 4 is 36.3 Å². The Morgan fingerprint density at radius 2 is 2.03 bits per heavy atom. The van der Waals surface area contributed by atoms with Crippen molar-refractivity contribution in [3.8, 4) is 0 Å². The maximum Gasteiger partial charge on any atom is 0.326 e. The number of carbonyl (C=O) groups is 4. The fraction of sp³-hybridized carbons (Fsp3) is 0.650. The summed E-state index contributed by atoms with van der Waals surface area (Å²) in [5.74, 6) is -2.58. The Hall–Kier alpha value is -2.60. The van der Waals surface area contributed by atoms with Crippen molar-refractivity contribution in [1.82, 2.24) is 25.5 Å². The van der Waals surface area contributed by atoms with Gasteiger partial charge in [-0.3, -0.25) is 14.4 Å². The van der Waals surface area contributed by atoms with Crippen molar-refractivity contribution in [3.05, 3.63) is 18.2 Å². The van der Waals surface area contributed by atoms with E-state index in [1.54, 1.807) is 6.20 Å². The van der Waals surface area contributed by atoms with Crippen molar-refractivity contribution in [3.63, 3.8) is 0 Å². The molecule has 1 aromatic rings. The fourth-order valence-corrected chi connectivity index (χ4v) is 3.92. The van der Waals surface area contributed by atoms with E-state index in [9.17, 15) is 24.3 Å². The number of nitrogens with two attached hydrogens (primary N) is 1. The van der Waals surface area contributed by atoms with E-state index in [0.29, 0.717) is 25.1 Å². The summed E-state index contributed by atoms with van der Waals surface area (Å²) in [6, 6.07) is -3.68. The zero-order valence-electron chi connectivity index (χ0n) is 18.3. The number of rotatable bonds is 11. The number of aliphatic carboxylic acids is 1. The topological polar surface area (TPSA) is 171 Å². The molecule has 0 aromatic carbocycles. The van der Waals surface area contributed by atoms with Gasteiger partial charge in [0.15, 0.2) is 0 Å². The lowest BCUT2D eigenvalue weighted by Gasteiger charge is -2.28. The van der Waals surface area contributed by atoms with E-state index in [4.69, 9.17) is 5.73 Å². The van der Waals surface area contributed by atoms with Crippen molar-refractivity contribution in [1.29, 1.82) is 0 Å². The summed E-state index contributed by atoms with van der Waals surface area (Å²) in [7, 11) is 0. The number of hydrogen-bond donors (Lipinski definition) is 6. The molecule has 32 heavy (non-hydrogen) atoms. The molecular formula is C20H32N6O5S. The number of thiol groups is 1. The predicted molar refractivity (Wildman–Crippen MR) is 120 cm³/mol. The molecule has 3 amide bonds. The number of H-pyrrole nitrogens is 1. The first kappa shape index (κ1) is 25.7. The number of carboxylic acids is 1. The van der Waals surface area contributed by atoms with Crippen molar-refractivity contribution in [2.75, 3.05) is 12.3 Å². The zero-order chi connectivity index (χ0) is 23.8. The number of amides is 3.